The van der Waals surface area contributed by atoms with Gasteiger partial charge < -0.3 is 15.4 Å². The van der Waals surface area contributed by atoms with Crippen molar-refractivity contribution in [1.82, 2.24) is 5.32 Å². The van der Waals surface area contributed by atoms with Gasteiger partial charge in [0.1, 0.15) is 11.6 Å². The fourth-order valence-corrected chi connectivity index (χ4v) is 2.04. The SMILES string of the molecule is COc1cc(Cl)ccc1CNC(=O)C(=O)Nc1cccc(F)c1. The molecule has 0 bridgehead atoms. The van der Waals surface area contributed by atoms with E-state index in [2.05, 4.69) is 10.6 Å². The Morgan fingerprint density at radius 3 is 2.65 bits per heavy atom. The van der Waals surface area contributed by atoms with Crippen molar-refractivity contribution in [3.05, 3.63) is 58.9 Å². The Kier molecular flexibility index (Phi) is 5.54. The predicted octanol–water partition coefficient (Wildman–Crippen LogP) is 2.74. The summed E-state index contributed by atoms with van der Waals surface area (Å²) in [4.78, 5) is 23.5. The fourth-order valence-electron chi connectivity index (χ4n) is 1.87. The number of carbonyl (C=O) groups is 2. The van der Waals surface area contributed by atoms with Crippen molar-refractivity contribution >= 4 is 29.1 Å². The third kappa shape index (κ3) is 4.69. The molecule has 0 fully saturated rings. The van der Waals surface area contributed by atoms with E-state index in [0.717, 1.165) is 6.07 Å². The lowest BCUT2D eigenvalue weighted by molar-refractivity contribution is -0.136. The minimum Gasteiger partial charge on any atom is -0.496 e. The van der Waals surface area contributed by atoms with Gasteiger partial charge in [0.2, 0.25) is 0 Å². The number of amides is 2. The molecule has 0 saturated heterocycles. The van der Waals surface area contributed by atoms with Crippen LogP contribution in [-0.4, -0.2) is 18.9 Å². The van der Waals surface area contributed by atoms with Crippen molar-refractivity contribution in [2.45, 2.75) is 6.54 Å². The first-order chi connectivity index (χ1) is 11.0. The Bertz CT molecular complexity index is 737. The predicted molar refractivity (Wildman–Crippen MR) is 84.9 cm³/mol. The van der Waals surface area contributed by atoms with Crippen molar-refractivity contribution in [2.75, 3.05) is 12.4 Å². The second-order valence-corrected chi connectivity index (χ2v) is 5.04. The van der Waals surface area contributed by atoms with E-state index in [9.17, 15) is 14.0 Å². The standard InChI is InChI=1S/C16H14ClFN2O3/c1-23-14-7-11(17)6-5-10(14)9-19-15(21)16(22)20-13-4-2-3-12(18)8-13/h2-8H,9H2,1H3,(H,19,21)(H,20,22). The molecule has 0 aromatic heterocycles. The van der Waals surface area contributed by atoms with E-state index in [1.165, 1.54) is 25.3 Å². The smallest absolute Gasteiger partial charge is 0.313 e. The number of hydrogen-bond donors (Lipinski definition) is 2. The number of methoxy groups -OCH3 is 1. The van der Waals surface area contributed by atoms with Gasteiger partial charge in [0.05, 0.1) is 7.11 Å². The minimum atomic E-state index is -0.886. The topological polar surface area (TPSA) is 67.4 Å². The maximum absolute atomic E-state index is 13.0. The highest BCUT2D eigenvalue weighted by Crippen LogP contribution is 2.22. The molecular weight excluding hydrogens is 323 g/mol. The summed E-state index contributed by atoms with van der Waals surface area (Å²) >= 11 is 5.85. The molecular formula is C16H14ClFN2O3. The molecule has 0 aliphatic heterocycles. The lowest BCUT2D eigenvalue weighted by atomic mass is 10.2. The Balaban J connectivity index is 1.95. The van der Waals surface area contributed by atoms with Crippen molar-refractivity contribution < 1.29 is 18.7 Å². The normalized spacial score (nSPS) is 10.0. The van der Waals surface area contributed by atoms with Crippen LogP contribution in [0.1, 0.15) is 5.56 Å². The molecule has 5 nitrogen and oxygen atoms in total. The van der Waals surface area contributed by atoms with E-state index < -0.39 is 17.6 Å². The van der Waals surface area contributed by atoms with Crippen molar-refractivity contribution in [2.24, 2.45) is 0 Å². The van der Waals surface area contributed by atoms with Gasteiger partial charge in [-0.15, -0.1) is 0 Å². The summed E-state index contributed by atoms with van der Waals surface area (Å²) in [5.41, 5.74) is 0.873. The molecule has 0 atom stereocenters. The molecule has 2 aromatic carbocycles. The van der Waals surface area contributed by atoms with Crippen LogP contribution in [0.4, 0.5) is 10.1 Å². The van der Waals surface area contributed by atoms with E-state index in [0.29, 0.717) is 16.3 Å². The van der Waals surface area contributed by atoms with Crippen molar-refractivity contribution in [3.63, 3.8) is 0 Å². The van der Waals surface area contributed by atoms with Crippen LogP contribution in [0, 0.1) is 5.82 Å². The molecule has 0 spiro atoms. The molecule has 0 aliphatic rings. The minimum absolute atomic E-state index is 0.0930. The lowest BCUT2D eigenvalue weighted by Gasteiger charge is -2.10. The Labute approximate surface area is 137 Å². The van der Waals surface area contributed by atoms with E-state index in [4.69, 9.17) is 16.3 Å². The van der Waals surface area contributed by atoms with Crippen molar-refractivity contribution in [1.29, 1.82) is 0 Å². The highest BCUT2D eigenvalue weighted by Gasteiger charge is 2.14. The van der Waals surface area contributed by atoms with Gasteiger partial charge in [0.15, 0.2) is 0 Å². The Morgan fingerprint density at radius 2 is 1.96 bits per heavy atom. The first-order valence-electron chi connectivity index (χ1n) is 6.67. The first kappa shape index (κ1) is 16.8. The van der Waals surface area contributed by atoms with Gasteiger partial charge in [-0.1, -0.05) is 23.7 Å². The molecule has 0 unspecified atom stereocenters. The van der Waals surface area contributed by atoms with Crippen LogP contribution in [0.5, 0.6) is 5.75 Å². The largest absolute Gasteiger partial charge is 0.496 e. The molecule has 0 aliphatic carbocycles. The number of ether oxygens (including phenoxy) is 1. The average Bonchev–Trinajstić information content (AvgIpc) is 2.53. The summed E-state index contributed by atoms with van der Waals surface area (Å²) < 4.78 is 18.2. The first-order valence-corrected chi connectivity index (χ1v) is 7.04. The van der Waals surface area contributed by atoms with Crippen LogP contribution >= 0.6 is 11.6 Å². The molecule has 23 heavy (non-hydrogen) atoms. The molecule has 2 rings (SSSR count). The van der Waals surface area contributed by atoms with Crippen LogP contribution in [0.3, 0.4) is 0 Å². The second-order valence-electron chi connectivity index (χ2n) is 4.60. The summed E-state index contributed by atoms with van der Waals surface area (Å²) in [6, 6.07) is 10.2. The van der Waals surface area contributed by atoms with Crippen molar-refractivity contribution in [3.8, 4) is 5.75 Å². The number of anilines is 1. The van der Waals surface area contributed by atoms with Gasteiger partial charge in [0, 0.05) is 22.8 Å². The van der Waals surface area contributed by atoms with E-state index in [1.807, 2.05) is 0 Å². The van der Waals surface area contributed by atoms with Crippen LogP contribution in [0.2, 0.25) is 5.02 Å². The quantitative estimate of drug-likeness (QED) is 0.844. The highest BCUT2D eigenvalue weighted by molar-refractivity contribution is 6.39. The highest BCUT2D eigenvalue weighted by atomic mass is 35.5. The second kappa shape index (κ2) is 7.60. The van der Waals surface area contributed by atoms with Gasteiger partial charge in [0.25, 0.3) is 0 Å². The summed E-state index contributed by atoms with van der Waals surface area (Å²) in [6.45, 7) is 0.0930. The monoisotopic (exact) mass is 336 g/mol. The number of benzene rings is 2. The van der Waals surface area contributed by atoms with Gasteiger partial charge in [-0.25, -0.2) is 4.39 Å². The molecule has 2 N–H and O–H groups in total. The Morgan fingerprint density at radius 1 is 1.17 bits per heavy atom. The van der Waals surface area contributed by atoms with Crippen LogP contribution in [-0.2, 0) is 16.1 Å². The third-order valence-electron chi connectivity index (χ3n) is 2.98. The zero-order valence-corrected chi connectivity index (χ0v) is 13.0. The molecule has 7 heteroatoms. The maximum atomic E-state index is 13.0. The van der Waals surface area contributed by atoms with E-state index >= 15 is 0 Å². The third-order valence-corrected chi connectivity index (χ3v) is 3.21. The molecule has 0 heterocycles. The van der Waals surface area contributed by atoms with Crippen LogP contribution in [0.25, 0.3) is 0 Å². The van der Waals surface area contributed by atoms with E-state index in [-0.39, 0.29) is 12.2 Å². The summed E-state index contributed by atoms with van der Waals surface area (Å²) in [7, 11) is 1.48. The Hall–Kier alpha value is -2.60. The van der Waals surface area contributed by atoms with Crippen LogP contribution in [0.15, 0.2) is 42.5 Å². The number of hydrogen-bond acceptors (Lipinski definition) is 3. The van der Waals surface area contributed by atoms with Crippen LogP contribution < -0.4 is 15.4 Å². The lowest BCUT2D eigenvalue weighted by Crippen LogP contribution is -2.35. The average molecular weight is 337 g/mol. The summed E-state index contributed by atoms with van der Waals surface area (Å²) in [5.74, 6) is -1.73. The number of carbonyl (C=O) groups excluding carboxylic acids is 2. The molecule has 120 valence electrons. The number of nitrogens with one attached hydrogen (secondary N) is 2. The fraction of sp³-hybridized carbons (Fsp3) is 0.125. The molecule has 2 amide bonds. The molecule has 0 saturated carbocycles. The number of halogens is 2. The van der Waals surface area contributed by atoms with Gasteiger partial charge in [-0.05, 0) is 30.3 Å². The number of rotatable bonds is 4. The van der Waals surface area contributed by atoms with Gasteiger partial charge in [-0.2, -0.15) is 0 Å². The maximum Gasteiger partial charge on any atom is 0.313 e. The zero-order valence-electron chi connectivity index (χ0n) is 12.2. The molecule has 0 radical (unpaired) electrons. The van der Waals surface area contributed by atoms with E-state index in [1.54, 1.807) is 18.2 Å². The zero-order chi connectivity index (χ0) is 16.8. The summed E-state index contributed by atoms with van der Waals surface area (Å²) in [5, 5.41) is 5.27. The molecule has 2 aromatic rings. The van der Waals surface area contributed by atoms with Gasteiger partial charge >= 0.3 is 11.8 Å². The van der Waals surface area contributed by atoms with Gasteiger partial charge in [-0.3, -0.25) is 9.59 Å². The summed E-state index contributed by atoms with van der Waals surface area (Å²) in [6.07, 6.45) is 0.